The van der Waals surface area contributed by atoms with E-state index in [1.807, 2.05) is 0 Å². The summed E-state index contributed by atoms with van der Waals surface area (Å²) in [5, 5.41) is 0. The lowest BCUT2D eigenvalue weighted by atomic mass is 10.1. The van der Waals surface area contributed by atoms with Crippen LogP contribution < -0.4 is 4.74 Å². The van der Waals surface area contributed by atoms with Gasteiger partial charge in [-0.15, -0.1) is 0 Å². The third kappa shape index (κ3) is 4.02. The summed E-state index contributed by atoms with van der Waals surface area (Å²) in [5.41, 5.74) is -1.04. The minimum Gasteiger partial charge on any atom is -0.453 e. The molecule has 0 unspecified atom stereocenters. The third-order valence-corrected chi connectivity index (χ3v) is 4.15. The van der Waals surface area contributed by atoms with Crippen LogP contribution in [0.5, 0.6) is 11.5 Å². The summed E-state index contributed by atoms with van der Waals surface area (Å²) < 4.78 is 76.6. The molecule has 0 aliphatic rings. The molecule has 0 N–H and O–H groups in total. The number of benzene rings is 2. The molecule has 3 rings (SSSR count). The van der Waals surface area contributed by atoms with Crippen molar-refractivity contribution < 1.29 is 35.9 Å². The maximum absolute atomic E-state index is 14.0. The normalized spacial score (nSPS) is 11.5. The van der Waals surface area contributed by atoms with Crippen molar-refractivity contribution in [3.8, 4) is 22.8 Å². The first-order chi connectivity index (χ1) is 12.7. The van der Waals surface area contributed by atoms with Crippen molar-refractivity contribution in [2.24, 2.45) is 0 Å². The van der Waals surface area contributed by atoms with Gasteiger partial charge in [-0.2, -0.15) is 13.2 Å². The second-order valence-electron chi connectivity index (χ2n) is 5.33. The smallest absolute Gasteiger partial charge is 0.416 e. The van der Waals surface area contributed by atoms with Crippen LogP contribution in [0.4, 0.5) is 22.0 Å². The van der Waals surface area contributed by atoms with E-state index in [0.29, 0.717) is 22.1 Å². The molecule has 0 atom stereocenters. The van der Waals surface area contributed by atoms with Crippen LogP contribution in [-0.2, 0) is 6.18 Å². The molecule has 0 spiro atoms. The molecular weight excluding hydrogens is 439 g/mol. The summed E-state index contributed by atoms with van der Waals surface area (Å²) in [6.45, 7) is 0. The molecule has 0 aliphatic carbocycles. The van der Waals surface area contributed by atoms with E-state index in [2.05, 4.69) is 15.9 Å². The Balaban J connectivity index is 1.98. The van der Waals surface area contributed by atoms with Crippen molar-refractivity contribution in [2.45, 2.75) is 6.18 Å². The number of halogens is 6. The maximum Gasteiger partial charge on any atom is 0.416 e. The molecule has 1 aromatic heterocycles. The Morgan fingerprint density at radius 3 is 2.22 bits per heavy atom. The van der Waals surface area contributed by atoms with Gasteiger partial charge in [-0.05, 0) is 58.4 Å². The van der Waals surface area contributed by atoms with E-state index in [-0.39, 0.29) is 23.6 Å². The van der Waals surface area contributed by atoms with Gasteiger partial charge in [0.25, 0.3) is 0 Å². The van der Waals surface area contributed by atoms with Gasteiger partial charge in [-0.25, -0.2) is 8.78 Å². The number of alkyl halides is 3. The molecule has 0 aliphatic heterocycles. The fraction of sp³-hybridized carbons (Fsp3) is 0.0556. The summed E-state index contributed by atoms with van der Waals surface area (Å²) in [6, 6.07) is 7.68. The second-order valence-corrected chi connectivity index (χ2v) is 6.19. The van der Waals surface area contributed by atoms with Crippen LogP contribution in [0.3, 0.4) is 0 Å². The summed E-state index contributed by atoms with van der Waals surface area (Å²) in [7, 11) is 0. The molecule has 0 radical (unpaired) electrons. The van der Waals surface area contributed by atoms with E-state index in [1.165, 1.54) is 24.3 Å². The van der Waals surface area contributed by atoms with E-state index in [0.717, 1.165) is 0 Å². The van der Waals surface area contributed by atoms with Crippen LogP contribution in [-0.4, -0.2) is 6.29 Å². The molecule has 9 heteroatoms. The van der Waals surface area contributed by atoms with Gasteiger partial charge in [0.15, 0.2) is 29.4 Å². The summed E-state index contributed by atoms with van der Waals surface area (Å²) in [6.07, 6.45) is -4.39. The van der Waals surface area contributed by atoms with Crippen molar-refractivity contribution in [1.29, 1.82) is 0 Å². The van der Waals surface area contributed by atoms with Gasteiger partial charge in [0, 0.05) is 5.56 Å². The van der Waals surface area contributed by atoms with Crippen LogP contribution in [0, 0.1) is 11.6 Å². The first kappa shape index (κ1) is 19.1. The van der Waals surface area contributed by atoms with Crippen LogP contribution in [0.1, 0.15) is 16.1 Å². The van der Waals surface area contributed by atoms with Gasteiger partial charge in [0.2, 0.25) is 0 Å². The number of carbonyl (C=O) groups excluding carboxylic acids is 1. The van der Waals surface area contributed by atoms with Crippen molar-refractivity contribution in [1.82, 2.24) is 0 Å². The van der Waals surface area contributed by atoms with E-state index in [4.69, 9.17) is 9.15 Å². The molecule has 3 aromatic rings. The highest BCUT2D eigenvalue weighted by molar-refractivity contribution is 9.10. The van der Waals surface area contributed by atoms with E-state index < -0.39 is 29.1 Å². The molecule has 140 valence electrons. The number of aldehydes is 1. The minimum absolute atomic E-state index is 0.0610. The number of rotatable bonds is 4. The lowest BCUT2D eigenvalue weighted by molar-refractivity contribution is -0.138. The number of furan rings is 1. The van der Waals surface area contributed by atoms with Gasteiger partial charge in [0.05, 0.1) is 10.0 Å². The lowest BCUT2D eigenvalue weighted by Crippen LogP contribution is -2.07. The average molecular weight is 447 g/mol. The summed E-state index contributed by atoms with van der Waals surface area (Å²) in [4.78, 5) is 10.7. The monoisotopic (exact) mass is 446 g/mol. The first-order valence-electron chi connectivity index (χ1n) is 7.28. The van der Waals surface area contributed by atoms with Crippen LogP contribution in [0.2, 0.25) is 0 Å². The van der Waals surface area contributed by atoms with E-state index in [9.17, 15) is 26.7 Å². The third-order valence-electron chi connectivity index (χ3n) is 3.50. The second kappa shape index (κ2) is 7.15. The Labute approximate surface area is 157 Å². The zero-order chi connectivity index (χ0) is 19.8. The predicted molar refractivity (Wildman–Crippen MR) is 88.7 cm³/mol. The Hall–Kier alpha value is -2.68. The number of carbonyl (C=O) groups is 1. The molecule has 0 bridgehead atoms. The SMILES string of the molecule is O=Cc1ccc(-c2ccc(Br)c(Oc3c(F)cc(C(F)(F)F)cc3F)c2)o1. The highest BCUT2D eigenvalue weighted by atomic mass is 79.9. The Morgan fingerprint density at radius 2 is 1.67 bits per heavy atom. The van der Waals surface area contributed by atoms with E-state index >= 15 is 0 Å². The Bertz CT molecular complexity index is 987. The van der Waals surface area contributed by atoms with Gasteiger partial charge >= 0.3 is 6.18 Å². The van der Waals surface area contributed by atoms with Crippen LogP contribution in [0.25, 0.3) is 11.3 Å². The van der Waals surface area contributed by atoms with Gasteiger partial charge < -0.3 is 9.15 Å². The molecule has 0 saturated carbocycles. The lowest BCUT2D eigenvalue weighted by Gasteiger charge is -2.13. The summed E-state index contributed by atoms with van der Waals surface area (Å²) in [5.74, 6) is -3.66. The molecule has 3 nitrogen and oxygen atoms in total. The zero-order valence-corrected chi connectivity index (χ0v) is 14.7. The quantitative estimate of drug-likeness (QED) is 0.334. The standard InChI is InChI=1S/C18H8BrF5O3/c19-12-3-1-9(15-4-2-11(8-25)26-15)5-16(12)27-17-13(20)6-10(7-14(17)21)18(22,23)24/h1-8H. The topological polar surface area (TPSA) is 39.4 Å². The van der Waals surface area contributed by atoms with E-state index in [1.54, 1.807) is 6.07 Å². The molecule has 2 aromatic carbocycles. The highest BCUT2D eigenvalue weighted by Gasteiger charge is 2.33. The van der Waals surface area contributed by atoms with Crippen LogP contribution >= 0.6 is 15.9 Å². The number of hydrogen-bond acceptors (Lipinski definition) is 3. The van der Waals surface area contributed by atoms with Gasteiger partial charge in [-0.3, -0.25) is 4.79 Å². The van der Waals surface area contributed by atoms with Crippen molar-refractivity contribution in [3.05, 3.63) is 69.9 Å². The molecule has 0 saturated heterocycles. The molecular formula is C18H8BrF5O3. The first-order valence-corrected chi connectivity index (χ1v) is 8.07. The van der Waals surface area contributed by atoms with Crippen LogP contribution in [0.15, 0.2) is 51.4 Å². The van der Waals surface area contributed by atoms with Crippen molar-refractivity contribution in [2.75, 3.05) is 0 Å². The summed E-state index contributed by atoms with van der Waals surface area (Å²) >= 11 is 3.14. The minimum atomic E-state index is -4.89. The van der Waals surface area contributed by atoms with Gasteiger partial charge in [0.1, 0.15) is 11.5 Å². The highest BCUT2D eigenvalue weighted by Crippen LogP contribution is 2.38. The Morgan fingerprint density at radius 1 is 1.00 bits per heavy atom. The van der Waals surface area contributed by atoms with Gasteiger partial charge in [-0.1, -0.05) is 0 Å². The fourth-order valence-electron chi connectivity index (χ4n) is 2.24. The maximum atomic E-state index is 14.0. The van der Waals surface area contributed by atoms with Crippen molar-refractivity contribution in [3.63, 3.8) is 0 Å². The molecule has 0 amide bonds. The largest absolute Gasteiger partial charge is 0.453 e. The average Bonchev–Trinajstić information content (AvgIpc) is 3.07. The fourth-order valence-corrected chi connectivity index (χ4v) is 2.56. The molecule has 0 fully saturated rings. The molecule has 27 heavy (non-hydrogen) atoms. The molecule has 1 heterocycles. The number of hydrogen-bond donors (Lipinski definition) is 0. The zero-order valence-electron chi connectivity index (χ0n) is 13.1. The van der Waals surface area contributed by atoms with Crippen molar-refractivity contribution >= 4 is 22.2 Å². The Kier molecular flexibility index (Phi) is 5.05. The predicted octanol–water partition coefficient (Wildman–Crippen LogP) is 6.61. The number of ether oxygens (including phenoxy) is 1.